The van der Waals surface area contributed by atoms with E-state index in [1.807, 2.05) is 7.05 Å². The Balaban J connectivity index is 3.03. The summed E-state index contributed by atoms with van der Waals surface area (Å²) in [6.45, 7) is 0. The highest BCUT2D eigenvalue weighted by molar-refractivity contribution is 5.86. The van der Waals surface area contributed by atoms with Crippen LogP contribution in [-0.2, 0) is 18.8 Å². The summed E-state index contributed by atoms with van der Waals surface area (Å²) in [7, 11) is 5.02. The number of aromatic nitrogens is 2. The molecule has 0 amide bonds. The van der Waals surface area contributed by atoms with Crippen LogP contribution in [0.4, 0.5) is 0 Å². The highest BCUT2D eigenvalue weighted by atomic mass is 16.5. The number of ether oxygens (including phenoxy) is 1. The molecule has 0 bridgehead atoms. The van der Waals surface area contributed by atoms with Crippen molar-refractivity contribution in [3.63, 3.8) is 0 Å². The van der Waals surface area contributed by atoms with Gasteiger partial charge in [0.05, 0.1) is 21.2 Å². The van der Waals surface area contributed by atoms with Crippen molar-refractivity contribution in [1.29, 1.82) is 0 Å². The standard InChI is InChI=1S/C7H11N2O2/c1-8-4-6(7(10)11-3)9(2)5-8/h4-5H,1-3H3/q+1. The van der Waals surface area contributed by atoms with Crippen LogP contribution in [0.3, 0.4) is 0 Å². The lowest BCUT2D eigenvalue weighted by Gasteiger charge is -1.91. The molecule has 0 saturated carbocycles. The van der Waals surface area contributed by atoms with Crippen LogP contribution in [0.15, 0.2) is 12.5 Å². The predicted molar refractivity (Wildman–Crippen MR) is 37.9 cm³/mol. The molecule has 0 N–H and O–H groups in total. The van der Waals surface area contributed by atoms with Crippen molar-refractivity contribution >= 4 is 5.97 Å². The molecule has 1 aromatic heterocycles. The highest BCUT2D eigenvalue weighted by Gasteiger charge is 2.16. The molecule has 0 atom stereocenters. The van der Waals surface area contributed by atoms with E-state index in [0.717, 1.165) is 0 Å². The van der Waals surface area contributed by atoms with Gasteiger partial charge in [-0.2, -0.15) is 0 Å². The zero-order valence-electron chi connectivity index (χ0n) is 6.87. The van der Waals surface area contributed by atoms with E-state index in [9.17, 15) is 4.79 Å². The third-order valence-electron chi connectivity index (χ3n) is 1.46. The van der Waals surface area contributed by atoms with Crippen LogP contribution in [0.5, 0.6) is 0 Å². The summed E-state index contributed by atoms with van der Waals surface area (Å²) in [5, 5.41) is 0. The lowest BCUT2D eigenvalue weighted by molar-refractivity contribution is -0.671. The fraction of sp³-hybridized carbons (Fsp3) is 0.429. The molecule has 1 aromatic rings. The molecule has 11 heavy (non-hydrogen) atoms. The molecule has 0 fully saturated rings. The monoisotopic (exact) mass is 155 g/mol. The quantitative estimate of drug-likeness (QED) is 0.410. The highest BCUT2D eigenvalue weighted by Crippen LogP contribution is 1.95. The number of methoxy groups -OCH3 is 1. The van der Waals surface area contributed by atoms with Crippen molar-refractivity contribution < 1.29 is 14.1 Å². The molecule has 60 valence electrons. The van der Waals surface area contributed by atoms with E-state index in [2.05, 4.69) is 4.74 Å². The number of rotatable bonds is 1. The fourth-order valence-electron chi connectivity index (χ4n) is 0.954. The molecule has 1 heterocycles. The van der Waals surface area contributed by atoms with Crippen molar-refractivity contribution in [3.8, 4) is 0 Å². The lowest BCUT2D eigenvalue weighted by atomic mass is 10.5. The molecule has 4 nitrogen and oxygen atoms in total. The number of imidazole rings is 1. The summed E-state index contributed by atoms with van der Waals surface area (Å²) in [6, 6.07) is 0. The molecular formula is C7H11N2O2+. The molecule has 0 unspecified atom stereocenters. The minimum atomic E-state index is -0.312. The number of carbonyl (C=O) groups is 1. The molecular weight excluding hydrogens is 144 g/mol. The number of hydrogen-bond donors (Lipinski definition) is 0. The van der Waals surface area contributed by atoms with Crippen LogP contribution in [0, 0.1) is 0 Å². The summed E-state index contributed by atoms with van der Waals surface area (Å²) in [5.41, 5.74) is 0.551. The Labute approximate surface area is 65.0 Å². The third kappa shape index (κ3) is 1.39. The molecule has 4 heteroatoms. The van der Waals surface area contributed by atoms with E-state index in [1.165, 1.54) is 7.11 Å². The number of carbonyl (C=O) groups excluding carboxylic acids is 1. The van der Waals surface area contributed by atoms with Gasteiger partial charge in [-0.15, -0.1) is 0 Å². The van der Waals surface area contributed by atoms with Gasteiger partial charge in [0, 0.05) is 0 Å². The van der Waals surface area contributed by atoms with Gasteiger partial charge in [0.25, 0.3) is 5.69 Å². The van der Waals surface area contributed by atoms with Gasteiger partial charge in [-0.1, -0.05) is 0 Å². The first kappa shape index (κ1) is 7.78. The number of esters is 1. The second kappa shape index (κ2) is 2.74. The van der Waals surface area contributed by atoms with Crippen LogP contribution >= 0.6 is 0 Å². The summed E-state index contributed by atoms with van der Waals surface area (Å²) in [5.74, 6) is -0.312. The van der Waals surface area contributed by atoms with Gasteiger partial charge in [-0.3, -0.25) is 0 Å². The van der Waals surface area contributed by atoms with Crippen molar-refractivity contribution in [1.82, 2.24) is 4.57 Å². The molecule has 0 aliphatic carbocycles. The SMILES string of the molecule is COC(=O)c1c[n+](C)cn1C. The Morgan fingerprint density at radius 1 is 1.73 bits per heavy atom. The van der Waals surface area contributed by atoms with Gasteiger partial charge in [0.1, 0.15) is 6.20 Å². The van der Waals surface area contributed by atoms with Gasteiger partial charge < -0.3 is 4.74 Å². The average molecular weight is 155 g/mol. The van der Waals surface area contributed by atoms with Crippen molar-refractivity contribution in [3.05, 3.63) is 18.2 Å². The number of hydrogen-bond acceptors (Lipinski definition) is 2. The first-order valence-electron chi connectivity index (χ1n) is 3.25. The van der Waals surface area contributed by atoms with Crippen LogP contribution in [0.2, 0.25) is 0 Å². The van der Waals surface area contributed by atoms with Crippen molar-refractivity contribution in [2.45, 2.75) is 0 Å². The maximum atomic E-state index is 11.0. The van der Waals surface area contributed by atoms with E-state index in [1.54, 1.807) is 28.7 Å². The van der Waals surface area contributed by atoms with Crippen molar-refractivity contribution in [2.24, 2.45) is 14.1 Å². The van der Waals surface area contributed by atoms with Gasteiger partial charge in [-0.25, -0.2) is 13.9 Å². The zero-order chi connectivity index (χ0) is 8.43. The van der Waals surface area contributed by atoms with Crippen LogP contribution in [0.25, 0.3) is 0 Å². The minimum absolute atomic E-state index is 0.312. The summed E-state index contributed by atoms with van der Waals surface area (Å²) < 4.78 is 8.07. The molecule has 0 radical (unpaired) electrons. The Morgan fingerprint density at radius 3 is 2.73 bits per heavy atom. The molecule has 0 spiro atoms. The molecule has 0 aliphatic rings. The Kier molecular flexibility index (Phi) is 1.94. The van der Waals surface area contributed by atoms with E-state index in [0.29, 0.717) is 5.69 Å². The summed E-state index contributed by atoms with van der Waals surface area (Å²) in [4.78, 5) is 11.0. The van der Waals surface area contributed by atoms with E-state index < -0.39 is 0 Å². The normalized spacial score (nSPS) is 9.73. The van der Waals surface area contributed by atoms with E-state index in [4.69, 9.17) is 0 Å². The Morgan fingerprint density at radius 2 is 2.36 bits per heavy atom. The lowest BCUT2D eigenvalue weighted by Crippen LogP contribution is -2.23. The average Bonchev–Trinajstić information content (AvgIpc) is 2.28. The first-order chi connectivity index (χ1) is 5.15. The van der Waals surface area contributed by atoms with Crippen LogP contribution in [0.1, 0.15) is 10.5 Å². The fourth-order valence-corrected chi connectivity index (χ4v) is 0.954. The predicted octanol–water partition coefficient (Wildman–Crippen LogP) is -0.364. The van der Waals surface area contributed by atoms with Crippen LogP contribution in [-0.4, -0.2) is 17.6 Å². The van der Waals surface area contributed by atoms with Crippen molar-refractivity contribution in [2.75, 3.05) is 7.11 Å². The minimum Gasteiger partial charge on any atom is -0.463 e. The van der Waals surface area contributed by atoms with E-state index in [-0.39, 0.29) is 5.97 Å². The molecule has 1 rings (SSSR count). The molecule has 0 saturated heterocycles. The van der Waals surface area contributed by atoms with Gasteiger partial charge in [0.15, 0.2) is 0 Å². The first-order valence-corrected chi connectivity index (χ1v) is 3.25. The smallest absolute Gasteiger partial charge is 0.382 e. The number of aryl methyl sites for hydroxylation is 2. The number of nitrogens with zero attached hydrogens (tertiary/aromatic N) is 2. The second-order valence-electron chi connectivity index (χ2n) is 2.40. The summed E-state index contributed by atoms with van der Waals surface area (Å²) in [6.07, 6.45) is 3.51. The molecule has 0 aliphatic heterocycles. The van der Waals surface area contributed by atoms with Crippen LogP contribution < -0.4 is 4.57 Å². The van der Waals surface area contributed by atoms with Gasteiger partial charge in [-0.05, 0) is 0 Å². The summed E-state index contributed by atoms with van der Waals surface area (Å²) >= 11 is 0. The zero-order valence-corrected chi connectivity index (χ0v) is 6.87. The van der Waals surface area contributed by atoms with Gasteiger partial charge in [0.2, 0.25) is 6.33 Å². The van der Waals surface area contributed by atoms with E-state index >= 15 is 0 Å². The third-order valence-corrected chi connectivity index (χ3v) is 1.46. The van der Waals surface area contributed by atoms with Gasteiger partial charge >= 0.3 is 5.97 Å². The maximum Gasteiger partial charge on any atom is 0.382 e. The maximum absolute atomic E-state index is 11.0. The Hall–Kier alpha value is -1.32. The second-order valence-corrected chi connectivity index (χ2v) is 2.40. The Bertz CT molecular complexity index is 278. The topological polar surface area (TPSA) is 35.1 Å². The largest absolute Gasteiger partial charge is 0.463 e. The molecule has 0 aromatic carbocycles.